The SMILES string of the molecule is CCCCCC/C=C/C=C/CCCCCCCC(=O)O[C@H](COC(=O)CC/C=C/CCCCCCCCCCCCC)COP(=O)(O)OC[C@@H](O)CO. The van der Waals surface area contributed by atoms with Crippen LogP contribution in [0.25, 0.3) is 0 Å². The van der Waals surface area contributed by atoms with Gasteiger partial charge in [-0.05, 0) is 51.4 Å². The highest BCUT2D eigenvalue weighted by Crippen LogP contribution is 2.43. The molecule has 3 atom stereocenters. The number of phosphoric acid groups is 1. The Morgan fingerprint density at radius 1 is 0.566 bits per heavy atom. The van der Waals surface area contributed by atoms with Crippen LogP contribution in [0.1, 0.15) is 181 Å². The molecule has 0 aliphatic rings. The maximum Gasteiger partial charge on any atom is 0.472 e. The van der Waals surface area contributed by atoms with E-state index < -0.39 is 51.8 Å². The van der Waals surface area contributed by atoms with Gasteiger partial charge < -0.3 is 24.6 Å². The van der Waals surface area contributed by atoms with Crippen LogP contribution in [0.4, 0.5) is 0 Å². The summed E-state index contributed by atoms with van der Waals surface area (Å²) in [7, 11) is -4.62. The number of esters is 2. The van der Waals surface area contributed by atoms with Crippen LogP contribution in [0.15, 0.2) is 36.5 Å². The quantitative estimate of drug-likeness (QED) is 0.0181. The molecule has 310 valence electrons. The molecule has 11 heteroatoms. The van der Waals surface area contributed by atoms with Gasteiger partial charge in [-0.1, -0.05) is 153 Å². The highest BCUT2D eigenvalue weighted by Gasteiger charge is 2.27. The number of rotatable bonds is 39. The van der Waals surface area contributed by atoms with Crippen molar-refractivity contribution in [2.45, 2.75) is 193 Å². The van der Waals surface area contributed by atoms with Crippen LogP contribution in [-0.4, -0.2) is 65.7 Å². The van der Waals surface area contributed by atoms with Gasteiger partial charge in [0.05, 0.1) is 19.8 Å². The van der Waals surface area contributed by atoms with Gasteiger partial charge in [-0.3, -0.25) is 18.6 Å². The van der Waals surface area contributed by atoms with Gasteiger partial charge in [-0.2, -0.15) is 0 Å². The average Bonchev–Trinajstić information content (AvgIpc) is 3.14. The normalized spacial score (nSPS) is 14.3. The van der Waals surface area contributed by atoms with Crippen molar-refractivity contribution >= 4 is 19.8 Å². The molecule has 0 aliphatic heterocycles. The first kappa shape index (κ1) is 51.2. The minimum absolute atomic E-state index is 0.155. The summed E-state index contributed by atoms with van der Waals surface area (Å²) in [5.41, 5.74) is 0. The minimum Gasteiger partial charge on any atom is -0.462 e. The molecule has 0 amide bonds. The number of carbonyl (C=O) groups is 2. The molecular formula is C42H77O10P. The van der Waals surface area contributed by atoms with Gasteiger partial charge >= 0.3 is 19.8 Å². The van der Waals surface area contributed by atoms with E-state index in [0.29, 0.717) is 12.8 Å². The Balaban J connectivity index is 4.39. The molecule has 0 saturated heterocycles. The molecule has 1 unspecified atom stereocenters. The molecule has 0 aromatic heterocycles. The first-order valence-corrected chi connectivity index (χ1v) is 22.5. The van der Waals surface area contributed by atoms with Crippen molar-refractivity contribution in [3.63, 3.8) is 0 Å². The third-order valence-electron chi connectivity index (χ3n) is 8.81. The summed E-state index contributed by atoms with van der Waals surface area (Å²) in [5.74, 6) is -0.998. The van der Waals surface area contributed by atoms with Crippen molar-refractivity contribution in [3.05, 3.63) is 36.5 Å². The summed E-state index contributed by atoms with van der Waals surface area (Å²) in [6.07, 6.45) is 38.4. The molecule has 0 spiro atoms. The van der Waals surface area contributed by atoms with E-state index in [1.807, 2.05) is 6.08 Å². The Hall–Kier alpha value is -1.81. The number of aliphatic hydroxyl groups is 2. The molecule has 0 aromatic carbocycles. The Kier molecular flexibility index (Phi) is 37.2. The molecule has 0 aromatic rings. The van der Waals surface area contributed by atoms with Gasteiger partial charge in [0, 0.05) is 12.8 Å². The lowest BCUT2D eigenvalue weighted by Crippen LogP contribution is -2.29. The van der Waals surface area contributed by atoms with E-state index >= 15 is 0 Å². The van der Waals surface area contributed by atoms with Crippen LogP contribution in [0, 0.1) is 0 Å². The lowest BCUT2D eigenvalue weighted by atomic mass is 10.1. The Morgan fingerprint density at radius 2 is 1.02 bits per heavy atom. The van der Waals surface area contributed by atoms with Crippen molar-refractivity contribution in [2.75, 3.05) is 26.4 Å². The zero-order chi connectivity index (χ0) is 39.1. The number of ether oxygens (including phenoxy) is 2. The Bertz CT molecular complexity index is 983. The van der Waals surface area contributed by atoms with Crippen LogP contribution in [0.2, 0.25) is 0 Å². The number of phosphoric ester groups is 1. The first-order chi connectivity index (χ1) is 25.7. The lowest BCUT2D eigenvalue weighted by molar-refractivity contribution is -0.161. The zero-order valence-corrected chi connectivity index (χ0v) is 34.4. The van der Waals surface area contributed by atoms with Gasteiger partial charge in [0.15, 0.2) is 6.10 Å². The second kappa shape index (κ2) is 38.5. The second-order valence-corrected chi connectivity index (χ2v) is 15.5. The fourth-order valence-corrected chi connectivity index (χ4v) is 6.32. The molecule has 0 heterocycles. The first-order valence-electron chi connectivity index (χ1n) is 21.0. The van der Waals surface area contributed by atoms with E-state index in [4.69, 9.17) is 19.1 Å². The molecule has 0 radical (unpaired) electrons. The summed E-state index contributed by atoms with van der Waals surface area (Å²) >= 11 is 0. The van der Waals surface area contributed by atoms with Crippen molar-refractivity contribution in [1.29, 1.82) is 0 Å². The van der Waals surface area contributed by atoms with Crippen LogP contribution in [0.3, 0.4) is 0 Å². The monoisotopic (exact) mass is 773 g/mol. The summed E-state index contributed by atoms with van der Waals surface area (Å²) in [6.45, 7) is 2.30. The number of hydrogen-bond acceptors (Lipinski definition) is 9. The fourth-order valence-electron chi connectivity index (χ4n) is 5.53. The van der Waals surface area contributed by atoms with Crippen molar-refractivity contribution in [1.82, 2.24) is 0 Å². The smallest absolute Gasteiger partial charge is 0.462 e. The van der Waals surface area contributed by atoms with Gasteiger partial charge in [-0.25, -0.2) is 4.57 Å². The maximum atomic E-state index is 12.6. The third kappa shape index (κ3) is 38.3. The standard InChI is InChI=1S/C42H77O10P/c1-3-5-7-9-11-13-15-17-19-21-23-25-27-29-31-33-41(45)49-37-40(38-51-53(47,48)50-36-39(44)35-43)52-42(46)34-32-30-28-26-24-22-20-18-16-14-12-10-8-6-4-2/h14,16,18,20,27,29,39-40,43-44H,3-13,15,17,19,21-26,28,30-38H2,1-2H3,(H,47,48)/b16-14+,20-18+,29-27+/t39-,40+/m0/s1. The molecule has 0 saturated carbocycles. The number of unbranched alkanes of at least 4 members (excludes halogenated alkanes) is 20. The molecule has 53 heavy (non-hydrogen) atoms. The summed E-state index contributed by atoms with van der Waals surface area (Å²) in [5, 5.41) is 18.3. The maximum absolute atomic E-state index is 12.6. The highest BCUT2D eigenvalue weighted by atomic mass is 31.2. The number of carbonyl (C=O) groups excluding carboxylic acids is 2. The topological polar surface area (TPSA) is 149 Å². The fraction of sp³-hybridized carbons (Fsp3) is 0.810. The van der Waals surface area contributed by atoms with E-state index in [1.54, 1.807) is 0 Å². The molecule has 0 rings (SSSR count). The van der Waals surface area contributed by atoms with Crippen LogP contribution >= 0.6 is 7.82 Å². The van der Waals surface area contributed by atoms with Gasteiger partial charge in [0.2, 0.25) is 0 Å². The second-order valence-electron chi connectivity index (χ2n) is 14.0. The molecule has 0 bridgehead atoms. The number of aliphatic hydroxyl groups excluding tert-OH is 2. The highest BCUT2D eigenvalue weighted by molar-refractivity contribution is 7.47. The molecule has 10 nitrogen and oxygen atoms in total. The molecular weight excluding hydrogens is 695 g/mol. The Labute approximate surface area is 322 Å². The van der Waals surface area contributed by atoms with Crippen molar-refractivity contribution in [2.24, 2.45) is 0 Å². The minimum atomic E-state index is -4.62. The predicted octanol–water partition coefficient (Wildman–Crippen LogP) is 10.8. The third-order valence-corrected chi connectivity index (χ3v) is 9.76. The summed E-state index contributed by atoms with van der Waals surface area (Å²) < 4.78 is 32.6. The number of hydrogen-bond donors (Lipinski definition) is 3. The predicted molar refractivity (Wildman–Crippen MR) is 214 cm³/mol. The van der Waals surface area contributed by atoms with Crippen molar-refractivity contribution in [3.8, 4) is 0 Å². The Morgan fingerprint density at radius 3 is 1.57 bits per heavy atom. The summed E-state index contributed by atoms with van der Waals surface area (Å²) in [4.78, 5) is 34.9. The van der Waals surface area contributed by atoms with Gasteiger partial charge in [0.1, 0.15) is 12.7 Å². The largest absolute Gasteiger partial charge is 0.472 e. The van der Waals surface area contributed by atoms with E-state index in [9.17, 15) is 24.2 Å². The van der Waals surface area contributed by atoms with E-state index in [1.165, 1.54) is 89.9 Å². The number of allylic oxidation sites excluding steroid dienone is 6. The van der Waals surface area contributed by atoms with Crippen molar-refractivity contribution < 1.29 is 47.8 Å². The van der Waals surface area contributed by atoms with Gasteiger partial charge in [-0.15, -0.1) is 0 Å². The lowest BCUT2D eigenvalue weighted by Gasteiger charge is -2.20. The van der Waals surface area contributed by atoms with Crippen LogP contribution in [-0.2, 0) is 32.7 Å². The van der Waals surface area contributed by atoms with Crippen LogP contribution in [0.5, 0.6) is 0 Å². The zero-order valence-electron chi connectivity index (χ0n) is 33.5. The van der Waals surface area contributed by atoms with Gasteiger partial charge in [0.25, 0.3) is 0 Å². The molecule has 3 N–H and O–H groups in total. The summed E-state index contributed by atoms with van der Waals surface area (Å²) in [6, 6.07) is 0. The van der Waals surface area contributed by atoms with E-state index in [0.717, 1.165) is 51.4 Å². The van der Waals surface area contributed by atoms with Crippen LogP contribution < -0.4 is 0 Å². The molecule has 0 fully saturated rings. The molecule has 0 aliphatic carbocycles. The average molecular weight is 773 g/mol. The van der Waals surface area contributed by atoms with E-state index in [-0.39, 0.29) is 19.4 Å². The van der Waals surface area contributed by atoms with E-state index in [2.05, 4.69) is 48.8 Å².